The van der Waals surface area contributed by atoms with Gasteiger partial charge in [-0.25, -0.2) is 0 Å². The molecule has 96 valence electrons. The van der Waals surface area contributed by atoms with E-state index in [-0.39, 0.29) is 11.9 Å². The molecule has 1 aromatic heterocycles. The summed E-state index contributed by atoms with van der Waals surface area (Å²) in [6, 6.07) is 9.35. The van der Waals surface area contributed by atoms with Crippen molar-refractivity contribution in [2.24, 2.45) is 0 Å². The number of aromatic nitrogens is 1. The summed E-state index contributed by atoms with van der Waals surface area (Å²) < 4.78 is 0.968. The van der Waals surface area contributed by atoms with Crippen LogP contribution < -0.4 is 10.6 Å². The highest BCUT2D eigenvalue weighted by atomic mass is 79.9. The van der Waals surface area contributed by atoms with Crippen LogP contribution in [0.15, 0.2) is 47.2 Å². The lowest BCUT2D eigenvalue weighted by Crippen LogP contribution is -2.27. The molecule has 4 nitrogen and oxygen atoms in total. The highest BCUT2D eigenvalue weighted by Gasteiger charge is 2.29. The van der Waals surface area contributed by atoms with Gasteiger partial charge in [-0.1, -0.05) is 22.0 Å². The number of benzene rings is 1. The molecule has 1 amide bonds. The lowest BCUT2D eigenvalue weighted by atomic mass is 10.1. The summed E-state index contributed by atoms with van der Waals surface area (Å²) in [6.07, 6.45) is 3.53. The Morgan fingerprint density at radius 2 is 2.26 bits per heavy atom. The fraction of sp³-hybridized carbons (Fsp3) is 0.143. The van der Waals surface area contributed by atoms with Gasteiger partial charge in [0.1, 0.15) is 6.04 Å². The minimum absolute atomic E-state index is 0.0167. The van der Waals surface area contributed by atoms with Crippen LogP contribution in [0.1, 0.15) is 17.2 Å². The SMILES string of the molecule is O=C1Nc2ccc(Br)cc2C1NCc1cccnc1. The molecule has 2 aromatic rings. The summed E-state index contributed by atoms with van der Waals surface area (Å²) in [6.45, 7) is 0.609. The third-order valence-corrected chi connectivity index (χ3v) is 3.57. The van der Waals surface area contributed by atoms with Crippen LogP contribution in [-0.4, -0.2) is 10.9 Å². The first-order chi connectivity index (χ1) is 9.24. The molecule has 2 heterocycles. The van der Waals surface area contributed by atoms with Crippen molar-refractivity contribution >= 4 is 27.5 Å². The topological polar surface area (TPSA) is 54.0 Å². The Bertz CT molecular complexity index is 615. The van der Waals surface area contributed by atoms with E-state index in [1.54, 1.807) is 12.4 Å². The minimum atomic E-state index is -0.312. The van der Waals surface area contributed by atoms with Gasteiger partial charge in [-0.05, 0) is 29.8 Å². The van der Waals surface area contributed by atoms with Crippen LogP contribution in [-0.2, 0) is 11.3 Å². The van der Waals surface area contributed by atoms with Crippen molar-refractivity contribution in [1.29, 1.82) is 0 Å². The zero-order valence-electron chi connectivity index (χ0n) is 10.1. The molecular formula is C14H12BrN3O. The summed E-state index contributed by atoms with van der Waals surface area (Å²) in [5.74, 6) is -0.0167. The smallest absolute Gasteiger partial charge is 0.246 e. The second-order valence-corrected chi connectivity index (χ2v) is 5.31. The third-order valence-electron chi connectivity index (χ3n) is 3.08. The molecule has 0 radical (unpaired) electrons. The van der Waals surface area contributed by atoms with Crippen molar-refractivity contribution in [3.05, 3.63) is 58.3 Å². The van der Waals surface area contributed by atoms with E-state index in [1.165, 1.54) is 0 Å². The predicted molar refractivity (Wildman–Crippen MR) is 76.6 cm³/mol. The quantitative estimate of drug-likeness (QED) is 0.915. The van der Waals surface area contributed by atoms with Gasteiger partial charge < -0.3 is 5.32 Å². The number of nitrogens with one attached hydrogen (secondary N) is 2. The Labute approximate surface area is 119 Å². The van der Waals surface area contributed by atoms with Crippen molar-refractivity contribution in [2.75, 3.05) is 5.32 Å². The standard InChI is InChI=1S/C14H12BrN3O/c15-10-3-4-12-11(6-10)13(14(19)18-12)17-8-9-2-1-5-16-7-9/h1-7,13,17H,8H2,(H,18,19). The summed E-state index contributed by atoms with van der Waals surface area (Å²) >= 11 is 3.43. The maximum Gasteiger partial charge on any atom is 0.246 e. The van der Waals surface area contributed by atoms with Crippen LogP contribution >= 0.6 is 15.9 Å². The number of carbonyl (C=O) groups excluding carboxylic acids is 1. The van der Waals surface area contributed by atoms with E-state index < -0.39 is 0 Å². The van der Waals surface area contributed by atoms with Crippen molar-refractivity contribution in [3.8, 4) is 0 Å². The van der Waals surface area contributed by atoms with Gasteiger partial charge in [-0.3, -0.25) is 15.1 Å². The highest BCUT2D eigenvalue weighted by molar-refractivity contribution is 9.10. The maximum absolute atomic E-state index is 12.0. The monoisotopic (exact) mass is 317 g/mol. The van der Waals surface area contributed by atoms with E-state index in [0.717, 1.165) is 21.3 Å². The van der Waals surface area contributed by atoms with Gasteiger partial charge in [0.15, 0.2) is 0 Å². The number of hydrogen-bond acceptors (Lipinski definition) is 3. The summed E-state index contributed by atoms with van der Waals surface area (Å²) in [5, 5.41) is 6.13. The molecule has 19 heavy (non-hydrogen) atoms. The maximum atomic E-state index is 12.0. The fourth-order valence-corrected chi connectivity index (χ4v) is 2.54. The molecule has 2 N–H and O–H groups in total. The van der Waals surface area contributed by atoms with Crippen LogP contribution in [0, 0.1) is 0 Å². The Balaban J connectivity index is 1.79. The molecule has 1 aliphatic rings. The van der Waals surface area contributed by atoms with E-state index in [1.807, 2.05) is 30.3 Å². The van der Waals surface area contributed by atoms with Gasteiger partial charge in [0.05, 0.1) is 0 Å². The van der Waals surface area contributed by atoms with Crippen LogP contribution in [0.5, 0.6) is 0 Å². The molecule has 1 aromatic carbocycles. The number of amides is 1. The zero-order valence-corrected chi connectivity index (χ0v) is 11.6. The molecule has 5 heteroatoms. The molecule has 0 spiro atoms. The lowest BCUT2D eigenvalue weighted by molar-refractivity contribution is -0.117. The van der Waals surface area contributed by atoms with Gasteiger partial charge in [-0.2, -0.15) is 0 Å². The van der Waals surface area contributed by atoms with E-state index in [9.17, 15) is 4.79 Å². The van der Waals surface area contributed by atoms with Crippen molar-refractivity contribution < 1.29 is 4.79 Å². The van der Waals surface area contributed by atoms with Crippen LogP contribution in [0.4, 0.5) is 5.69 Å². The van der Waals surface area contributed by atoms with Crippen LogP contribution in [0.2, 0.25) is 0 Å². The number of pyridine rings is 1. The number of nitrogens with zero attached hydrogens (tertiary/aromatic N) is 1. The summed E-state index contributed by atoms with van der Waals surface area (Å²) in [5.41, 5.74) is 2.90. The average molecular weight is 318 g/mol. The van der Waals surface area contributed by atoms with Gasteiger partial charge in [0.2, 0.25) is 5.91 Å². The molecule has 0 fully saturated rings. The molecular weight excluding hydrogens is 306 g/mol. The second-order valence-electron chi connectivity index (χ2n) is 4.40. The van der Waals surface area contributed by atoms with Gasteiger partial charge in [0, 0.05) is 34.7 Å². The van der Waals surface area contributed by atoms with Gasteiger partial charge in [0.25, 0.3) is 0 Å². The normalized spacial score (nSPS) is 17.1. The zero-order chi connectivity index (χ0) is 13.2. The van der Waals surface area contributed by atoms with Crippen molar-refractivity contribution in [1.82, 2.24) is 10.3 Å². The highest BCUT2D eigenvalue weighted by Crippen LogP contribution is 2.33. The predicted octanol–water partition coefficient (Wildman–Crippen LogP) is 2.63. The number of anilines is 1. The van der Waals surface area contributed by atoms with Crippen molar-refractivity contribution in [2.45, 2.75) is 12.6 Å². The first-order valence-corrected chi connectivity index (χ1v) is 6.76. The largest absolute Gasteiger partial charge is 0.324 e. The van der Waals surface area contributed by atoms with E-state index in [2.05, 4.69) is 31.5 Å². The van der Waals surface area contributed by atoms with Crippen LogP contribution in [0.25, 0.3) is 0 Å². The molecule has 1 aliphatic heterocycles. The molecule has 3 rings (SSSR count). The Hall–Kier alpha value is -1.72. The number of fused-ring (bicyclic) bond motifs is 1. The van der Waals surface area contributed by atoms with Gasteiger partial charge in [-0.15, -0.1) is 0 Å². The second kappa shape index (κ2) is 5.11. The molecule has 0 aliphatic carbocycles. The number of halogens is 1. The Morgan fingerprint density at radius 3 is 3.05 bits per heavy atom. The summed E-state index contributed by atoms with van der Waals surface area (Å²) in [4.78, 5) is 16.0. The number of carbonyl (C=O) groups is 1. The van der Waals surface area contributed by atoms with Crippen LogP contribution in [0.3, 0.4) is 0 Å². The van der Waals surface area contributed by atoms with E-state index in [4.69, 9.17) is 0 Å². The molecule has 0 saturated carbocycles. The third kappa shape index (κ3) is 2.52. The summed E-state index contributed by atoms with van der Waals surface area (Å²) in [7, 11) is 0. The lowest BCUT2D eigenvalue weighted by Gasteiger charge is -2.11. The molecule has 0 saturated heterocycles. The average Bonchev–Trinajstić information content (AvgIpc) is 2.73. The minimum Gasteiger partial charge on any atom is -0.324 e. The molecule has 0 bridgehead atoms. The molecule has 1 unspecified atom stereocenters. The Kier molecular flexibility index (Phi) is 3.31. The fourth-order valence-electron chi connectivity index (χ4n) is 2.16. The number of rotatable bonds is 3. The molecule has 1 atom stereocenters. The first-order valence-electron chi connectivity index (χ1n) is 5.96. The van der Waals surface area contributed by atoms with Gasteiger partial charge >= 0.3 is 0 Å². The van der Waals surface area contributed by atoms with E-state index >= 15 is 0 Å². The first kappa shape index (κ1) is 12.3. The van der Waals surface area contributed by atoms with Crippen molar-refractivity contribution in [3.63, 3.8) is 0 Å². The Morgan fingerprint density at radius 1 is 1.37 bits per heavy atom. The number of hydrogen-bond donors (Lipinski definition) is 2. The van der Waals surface area contributed by atoms with E-state index in [0.29, 0.717) is 6.54 Å².